The lowest BCUT2D eigenvalue weighted by atomic mass is 9.96. The summed E-state index contributed by atoms with van der Waals surface area (Å²) >= 11 is 2.42. The van der Waals surface area contributed by atoms with Crippen molar-refractivity contribution < 1.29 is 16.8 Å². The molecule has 254 valence electrons. The normalized spacial score (nSPS) is 17.0. The van der Waals surface area contributed by atoms with Crippen molar-refractivity contribution in [3.63, 3.8) is 0 Å². The molecule has 3 aromatic carbocycles. The Balaban J connectivity index is 1.05. The lowest BCUT2D eigenvalue weighted by Gasteiger charge is -2.33. The van der Waals surface area contributed by atoms with Crippen LogP contribution in [0, 0.1) is 0 Å². The van der Waals surface area contributed by atoms with Crippen LogP contribution in [-0.4, -0.2) is 60.8 Å². The van der Waals surface area contributed by atoms with Gasteiger partial charge < -0.3 is 10.6 Å². The van der Waals surface area contributed by atoms with Gasteiger partial charge in [-0.3, -0.25) is 0 Å². The fraction of sp³-hybridized carbons (Fsp3) is 0.412. The Morgan fingerprint density at radius 3 is 1.31 bits per heavy atom. The molecule has 2 N–H and O–H groups in total. The molecule has 0 saturated heterocycles. The van der Waals surface area contributed by atoms with E-state index < -0.39 is 20.0 Å². The average Bonchev–Trinajstić information content (AvgIpc) is 3.76. The van der Waals surface area contributed by atoms with Gasteiger partial charge in [0.05, 0.1) is 33.8 Å². The fourth-order valence-electron chi connectivity index (χ4n) is 6.73. The predicted octanol–water partition coefficient (Wildman–Crippen LogP) is 7.69. The SMILES string of the molecule is O=S(=O)(c1nc2ccccc2s1)N(CNc1ccc(NCN(C2CCCCC2)S(=O)(=O)c2nc3ccccc3s2)cc1)C1CCCCC1. The first kappa shape index (κ1) is 33.4. The van der Waals surface area contributed by atoms with Crippen LogP contribution in [0.5, 0.6) is 0 Å². The molecule has 0 bridgehead atoms. The topological polar surface area (TPSA) is 125 Å². The summed E-state index contributed by atoms with van der Waals surface area (Å²) in [7, 11) is -7.63. The number of fused-ring (bicyclic) bond motifs is 2. The Bertz CT molecular complexity index is 1850. The van der Waals surface area contributed by atoms with Crippen molar-refractivity contribution in [2.75, 3.05) is 24.0 Å². The molecular weight excluding hydrogens is 685 g/mol. The van der Waals surface area contributed by atoms with Crippen LogP contribution in [0.3, 0.4) is 0 Å². The molecule has 2 heterocycles. The highest BCUT2D eigenvalue weighted by Gasteiger charge is 2.36. The van der Waals surface area contributed by atoms with Crippen molar-refractivity contribution >= 4 is 74.5 Å². The number of nitrogens with one attached hydrogen (secondary N) is 2. The molecule has 48 heavy (non-hydrogen) atoms. The molecule has 10 nitrogen and oxygen atoms in total. The molecule has 0 radical (unpaired) electrons. The van der Waals surface area contributed by atoms with Gasteiger partial charge in [0.25, 0.3) is 20.0 Å². The second kappa shape index (κ2) is 14.4. The maximum atomic E-state index is 14.0. The van der Waals surface area contributed by atoms with Crippen molar-refractivity contribution in [1.82, 2.24) is 18.6 Å². The Hall–Kier alpha value is -3.14. The minimum absolute atomic E-state index is 0.0904. The Morgan fingerprint density at radius 2 is 0.938 bits per heavy atom. The molecule has 7 rings (SSSR count). The number of hydrogen-bond donors (Lipinski definition) is 2. The van der Waals surface area contributed by atoms with E-state index in [1.54, 1.807) is 8.61 Å². The number of para-hydroxylation sites is 2. The Morgan fingerprint density at radius 1 is 0.562 bits per heavy atom. The third-order valence-electron chi connectivity index (χ3n) is 9.33. The average molecular weight is 725 g/mol. The highest BCUT2D eigenvalue weighted by atomic mass is 32.3. The van der Waals surface area contributed by atoms with E-state index in [1.165, 1.54) is 22.7 Å². The summed E-state index contributed by atoms with van der Waals surface area (Å²) in [4.78, 5) is 8.97. The van der Waals surface area contributed by atoms with Gasteiger partial charge >= 0.3 is 0 Å². The molecule has 0 atom stereocenters. The van der Waals surface area contributed by atoms with E-state index in [0.29, 0.717) is 11.0 Å². The number of aromatic nitrogens is 2. The molecule has 0 spiro atoms. The van der Waals surface area contributed by atoms with Crippen molar-refractivity contribution in [3.05, 3.63) is 72.8 Å². The first-order valence-electron chi connectivity index (χ1n) is 16.6. The zero-order valence-corrected chi connectivity index (χ0v) is 29.9. The summed E-state index contributed by atoms with van der Waals surface area (Å²) in [6.07, 6.45) is 9.55. The summed E-state index contributed by atoms with van der Waals surface area (Å²) < 4.78 is 61.0. The molecule has 0 aliphatic heterocycles. The fourth-order valence-corrected chi connectivity index (χ4v) is 12.6. The summed E-state index contributed by atoms with van der Waals surface area (Å²) in [5.41, 5.74) is 2.92. The summed E-state index contributed by atoms with van der Waals surface area (Å²) in [6, 6.07) is 22.4. The van der Waals surface area contributed by atoms with Gasteiger partial charge in [-0.1, -0.05) is 62.8 Å². The zero-order chi connectivity index (χ0) is 33.1. The van der Waals surface area contributed by atoms with Crippen molar-refractivity contribution in [2.24, 2.45) is 0 Å². The smallest absolute Gasteiger partial charge is 0.272 e. The van der Waals surface area contributed by atoms with Crippen LogP contribution in [0.4, 0.5) is 11.4 Å². The number of benzene rings is 3. The molecule has 2 aliphatic rings. The number of anilines is 2. The molecule has 0 unspecified atom stereocenters. The predicted molar refractivity (Wildman–Crippen MR) is 194 cm³/mol. The van der Waals surface area contributed by atoms with Gasteiger partial charge in [-0.2, -0.15) is 8.61 Å². The van der Waals surface area contributed by atoms with E-state index in [9.17, 15) is 16.8 Å². The zero-order valence-electron chi connectivity index (χ0n) is 26.6. The maximum absolute atomic E-state index is 14.0. The minimum atomic E-state index is -3.82. The largest absolute Gasteiger partial charge is 0.371 e. The van der Waals surface area contributed by atoms with E-state index in [0.717, 1.165) is 85.0 Å². The van der Waals surface area contributed by atoms with E-state index in [-0.39, 0.29) is 34.1 Å². The van der Waals surface area contributed by atoms with E-state index >= 15 is 0 Å². The number of sulfonamides is 2. The van der Waals surface area contributed by atoms with Gasteiger partial charge in [-0.15, -0.1) is 22.7 Å². The monoisotopic (exact) mass is 724 g/mol. The number of nitrogens with zero attached hydrogens (tertiary/aromatic N) is 4. The van der Waals surface area contributed by atoms with Gasteiger partial charge in [0, 0.05) is 23.5 Å². The van der Waals surface area contributed by atoms with E-state index in [1.807, 2.05) is 72.8 Å². The van der Waals surface area contributed by atoms with Crippen molar-refractivity contribution in [3.8, 4) is 0 Å². The highest BCUT2D eigenvalue weighted by Crippen LogP contribution is 2.34. The molecule has 2 aromatic heterocycles. The molecule has 2 fully saturated rings. The quantitative estimate of drug-likeness (QED) is 0.126. The first-order chi connectivity index (χ1) is 23.3. The van der Waals surface area contributed by atoms with Crippen LogP contribution in [0.2, 0.25) is 0 Å². The molecule has 2 saturated carbocycles. The van der Waals surface area contributed by atoms with Crippen LogP contribution in [0.1, 0.15) is 64.2 Å². The molecule has 0 amide bonds. The third-order valence-corrected chi connectivity index (χ3v) is 15.9. The molecule has 2 aliphatic carbocycles. The standard InChI is InChI=1S/C34H40N6O4S4/c41-47(42,33-37-29-15-7-9-17-31(29)45-33)39(27-11-3-1-4-12-27)23-35-25-19-21-26(22-20-25)36-24-40(28-13-5-2-6-14-28)48(43,44)34-38-30-16-8-10-18-32(30)46-34/h7-10,15-22,27-28,35-36H,1-6,11-14,23-24H2. The second-order valence-electron chi connectivity index (χ2n) is 12.5. The van der Waals surface area contributed by atoms with Gasteiger partial charge in [0.15, 0.2) is 0 Å². The summed E-state index contributed by atoms with van der Waals surface area (Å²) in [6.45, 7) is 0.261. The van der Waals surface area contributed by atoms with E-state index in [2.05, 4.69) is 20.6 Å². The number of thiazole rings is 2. The van der Waals surface area contributed by atoms with Gasteiger partial charge in [-0.05, 0) is 74.2 Å². The molecule has 5 aromatic rings. The van der Waals surface area contributed by atoms with Gasteiger partial charge in [0.2, 0.25) is 8.68 Å². The maximum Gasteiger partial charge on any atom is 0.272 e. The van der Waals surface area contributed by atoms with Crippen LogP contribution >= 0.6 is 22.7 Å². The van der Waals surface area contributed by atoms with Crippen LogP contribution in [0.15, 0.2) is 81.5 Å². The van der Waals surface area contributed by atoms with Crippen LogP contribution < -0.4 is 10.6 Å². The first-order valence-corrected chi connectivity index (χ1v) is 21.1. The summed E-state index contributed by atoms with van der Waals surface area (Å²) in [5, 5.41) is 6.67. The Kier molecular flexibility index (Phi) is 9.99. The van der Waals surface area contributed by atoms with Gasteiger partial charge in [0.1, 0.15) is 0 Å². The lowest BCUT2D eigenvalue weighted by molar-refractivity contribution is 0.263. The van der Waals surface area contributed by atoms with E-state index in [4.69, 9.17) is 0 Å². The van der Waals surface area contributed by atoms with Crippen LogP contribution in [-0.2, 0) is 20.0 Å². The molecule has 14 heteroatoms. The van der Waals surface area contributed by atoms with Crippen molar-refractivity contribution in [1.29, 1.82) is 0 Å². The highest BCUT2D eigenvalue weighted by molar-refractivity contribution is 7.91. The third kappa shape index (κ3) is 7.10. The van der Waals surface area contributed by atoms with Crippen molar-refractivity contribution in [2.45, 2.75) is 85.0 Å². The number of hydrogen-bond acceptors (Lipinski definition) is 10. The Labute approximate surface area is 290 Å². The lowest BCUT2D eigenvalue weighted by Crippen LogP contribution is -2.44. The summed E-state index contributed by atoms with van der Waals surface area (Å²) in [5.74, 6) is 0. The molecular formula is C34H40N6O4S4. The second-order valence-corrected chi connectivity index (χ2v) is 18.7. The van der Waals surface area contributed by atoms with Gasteiger partial charge in [-0.25, -0.2) is 26.8 Å². The minimum Gasteiger partial charge on any atom is -0.371 e. The van der Waals surface area contributed by atoms with Crippen LogP contribution in [0.25, 0.3) is 20.4 Å². The number of rotatable bonds is 12.